The van der Waals surface area contributed by atoms with Crippen molar-refractivity contribution in [3.05, 3.63) is 47.8 Å². The van der Waals surface area contributed by atoms with Gasteiger partial charge in [0.25, 0.3) is 0 Å². The van der Waals surface area contributed by atoms with Gasteiger partial charge in [0.2, 0.25) is 5.95 Å². The number of nitrogens with zero attached hydrogens (tertiary/aromatic N) is 6. The highest BCUT2D eigenvalue weighted by molar-refractivity contribution is 8.01. The molecule has 3 rings (SSSR count). The van der Waals surface area contributed by atoms with Crippen LogP contribution < -0.4 is 4.72 Å². The van der Waals surface area contributed by atoms with Crippen molar-refractivity contribution in [1.82, 2.24) is 29.7 Å². The van der Waals surface area contributed by atoms with Crippen LogP contribution in [0.5, 0.6) is 0 Å². The number of ether oxygens (including phenoxy) is 2. The molecule has 9 nitrogen and oxygen atoms in total. The first-order chi connectivity index (χ1) is 15.0. The SMILES string of the molecule is COCC(COC)n1c(NSC(C)Cc2ncc(C)cn2)nnc1-c1cncc(C)c1. The van der Waals surface area contributed by atoms with Crippen molar-refractivity contribution in [3.8, 4) is 11.4 Å². The van der Waals surface area contributed by atoms with Crippen molar-refractivity contribution in [2.45, 2.75) is 38.5 Å². The molecule has 0 radical (unpaired) electrons. The zero-order valence-corrected chi connectivity index (χ0v) is 19.4. The van der Waals surface area contributed by atoms with E-state index >= 15 is 0 Å². The van der Waals surface area contributed by atoms with Crippen molar-refractivity contribution in [2.75, 3.05) is 32.2 Å². The second-order valence-electron chi connectivity index (χ2n) is 7.44. The highest BCUT2D eigenvalue weighted by Crippen LogP contribution is 2.28. The van der Waals surface area contributed by atoms with Crippen LogP contribution >= 0.6 is 11.9 Å². The van der Waals surface area contributed by atoms with Crippen molar-refractivity contribution in [1.29, 1.82) is 0 Å². The highest BCUT2D eigenvalue weighted by atomic mass is 32.2. The lowest BCUT2D eigenvalue weighted by molar-refractivity contribution is 0.0909. The summed E-state index contributed by atoms with van der Waals surface area (Å²) in [5.41, 5.74) is 3.00. The van der Waals surface area contributed by atoms with Crippen molar-refractivity contribution >= 4 is 17.9 Å². The number of aryl methyl sites for hydroxylation is 2. The first-order valence-corrected chi connectivity index (χ1v) is 10.9. The molecule has 3 aromatic heterocycles. The van der Waals surface area contributed by atoms with Crippen LogP contribution in [0.2, 0.25) is 0 Å². The lowest BCUT2D eigenvalue weighted by Gasteiger charge is -2.21. The third-order valence-electron chi connectivity index (χ3n) is 4.57. The molecule has 0 aliphatic carbocycles. The molecule has 0 saturated heterocycles. The Bertz CT molecular complexity index is 959. The zero-order chi connectivity index (χ0) is 22.2. The first kappa shape index (κ1) is 23.1. The van der Waals surface area contributed by atoms with Gasteiger partial charge < -0.3 is 9.47 Å². The van der Waals surface area contributed by atoms with E-state index in [1.807, 2.05) is 43.1 Å². The summed E-state index contributed by atoms with van der Waals surface area (Å²) < 4.78 is 16.3. The standard InChI is InChI=1S/C21H29N7O2S/c1-14-6-17(11-22-8-14)20-25-26-21(28(20)18(12-29-4)13-30-5)27-31-16(3)7-19-23-9-15(2)10-24-19/h6,8-11,16,18H,7,12-13H2,1-5H3,(H,26,27). The van der Waals surface area contributed by atoms with Gasteiger partial charge in [-0.3, -0.25) is 14.3 Å². The Balaban J connectivity index is 1.82. The van der Waals surface area contributed by atoms with Gasteiger partial charge in [-0.25, -0.2) is 9.97 Å². The molecule has 0 aliphatic heterocycles. The fourth-order valence-corrected chi connectivity index (χ4v) is 3.82. The van der Waals surface area contributed by atoms with Crippen LogP contribution in [0.25, 0.3) is 11.4 Å². The molecule has 1 N–H and O–H groups in total. The predicted octanol–water partition coefficient (Wildman–Crippen LogP) is 3.27. The molecule has 0 bridgehead atoms. The van der Waals surface area contributed by atoms with Gasteiger partial charge in [-0.1, -0.05) is 6.92 Å². The van der Waals surface area contributed by atoms with Gasteiger partial charge >= 0.3 is 0 Å². The topological polar surface area (TPSA) is 99.9 Å². The maximum absolute atomic E-state index is 5.44. The molecule has 3 heterocycles. The summed E-state index contributed by atoms with van der Waals surface area (Å²) in [6.07, 6.45) is 8.02. The Morgan fingerprint density at radius 1 is 1.00 bits per heavy atom. The van der Waals surface area contributed by atoms with Gasteiger partial charge in [0.05, 0.1) is 19.3 Å². The van der Waals surface area contributed by atoms with E-state index in [2.05, 4.69) is 36.8 Å². The summed E-state index contributed by atoms with van der Waals surface area (Å²) in [5, 5.41) is 9.08. The minimum absolute atomic E-state index is 0.0978. The van der Waals surface area contributed by atoms with E-state index in [0.29, 0.717) is 25.0 Å². The molecule has 0 saturated carbocycles. The van der Waals surface area contributed by atoms with E-state index in [1.165, 1.54) is 0 Å². The second kappa shape index (κ2) is 11.2. The summed E-state index contributed by atoms with van der Waals surface area (Å²) in [6.45, 7) is 7.03. The van der Waals surface area contributed by atoms with E-state index in [4.69, 9.17) is 9.47 Å². The fraction of sp³-hybridized carbons (Fsp3) is 0.476. The maximum atomic E-state index is 5.44. The summed E-state index contributed by atoms with van der Waals surface area (Å²) in [6, 6.07) is 1.94. The van der Waals surface area contributed by atoms with E-state index in [1.54, 1.807) is 32.4 Å². The molecule has 1 atom stereocenters. The summed E-state index contributed by atoms with van der Waals surface area (Å²) in [5.74, 6) is 2.17. The number of anilines is 1. The van der Waals surface area contributed by atoms with Crippen LogP contribution in [0.15, 0.2) is 30.9 Å². The Morgan fingerprint density at radius 2 is 1.71 bits per heavy atom. The molecule has 0 aliphatic rings. The molecule has 0 amide bonds. The molecule has 0 aromatic carbocycles. The molecule has 0 fully saturated rings. The molecule has 166 valence electrons. The Hall–Kier alpha value is -2.56. The Morgan fingerprint density at radius 3 is 2.35 bits per heavy atom. The van der Waals surface area contributed by atoms with Gasteiger partial charge in [0.15, 0.2) is 5.82 Å². The number of pyridine rings is 1. The Labute approximate surface area is 187 Å². The maximum Gasteiger partial charge on any atom is 0.235 e. The van der Waals surface area contributed by atoms with E-state index < -0.39 is 0 Å². The van der Waals surface area contributed by atoms with Gasteiger partial charge in [0.1, 0.15) is 5.82 Å². The second-order valence-corrected chi connectivity index (χ2v) is 8.69. The summed E-state index contributed by atoms with van der Waals surface area (Å²) >= 11 is 1.56. The molecular weight excluding hydrogens is 414 g/mol. The molecule has 0 spiro atoms. The molecule has 10 heteroatoms. The average Bonchev–Trinajstić information content (AvgIpc) is 3.18. The Kier molecular flexibility index (Phi) is 8.33. The van der Waals surface area contributed by atoms with Crippen LogP contribution in [-0.2, 0) is 15.9 Å². The van der Waals surface area contributed by atoms with Crippen molar-refractivity contribution < 1.29 is 9.47 Å². The minimum Gasteiger partial charge on any atom is -0.382 e. The van der Waals surface area contributed by atoms with Gasteiger partial charge in [-0.15, -0.1) is 10.2 Å². The number of methoxy groups -OCH3 is 2. The van der Waals surface area contributed by atoms with E-state index in [9.17, 15) is 0 Å². The summed E-state index contributed by atoms with van der Waals surface area (Å²) in [7, 11) is 3.35. The van der Waals surface area contributed by atoms with Crippen LogP contribution in [0.1, 0.15) is 29.9 Å². The van der Waals surface area contributed by atoms with E-state index in [-0.39, 0.29) is 11.3 Å². The monoisotopic (exact) mass is 443 g/mol. The van der Waals surface area contributed by atoms with Gasteiger partial charge in [-0.2, -0.15) is 0 Å². The average molecular weight is 444 g/mol. The predicted molar refractivity (Wildman–Crippen MR) is 122 cm³/mol. The smallest absolute Gasteiger partial charge is 0.235 e. The zero-order valence-electron chi connectivity index (χ0n) is 18.6. The van der Waals surface area contributed by atoms with Crippen LogP contribution in [-0.4, -0.2) is 62.4 Å². The highest BCUT2D eigenvalue weighted by Gasteiger charge is 2.23. The lowest BCUT2D eigenvalue weighted by atomic mass is 10.2. The molecule has 31 heavy (non-hydrogen) atoms. The van der Waals surface area contributed by atoms with Gasteiger partial charge in [0, 0.05) is 56.2 Å². The van der Waals surface area contributed by atoms with Crippen molar-refractivity contribution in [2.24, 2.45) is 0 Å². The van der Waals surface area contributed by atoms with Crippen LogP contribution in [0.4, 0.5) is 5.95 Å². The van der Waals surface area contributed by atoms with Crippen molar-refractivity contribution in [3.63, 3.8) is 0 Å². The molecule has 1 unspecified atom stereocenters. The first-order valence-electron chi connectivity index (χ1n) is 10.1. The fourth-order valence-electron chi connectivity index (χ4n) is 3.14. The minimum atomic E-state index is -0.0978. The number of rotatable bonds is 11. The molecule has 3 aromatic rings. The third kappa shape index (κ3) is 6.22. The normalized spacial score (nSPS) is 12.3. The number of hydrogen-bond acceptors (Lipinski definition) is 9. The van der Waals surface area contributed by atoms with Crippen LogP contribution in [0.3, 0.4) is 0 Å². The number of hydrogen-bond donors (Lipinski definition) is 1. The lowest BCUT2D eigenvalue weighted by Crippen LogP contribution is -2.22. The largest absolute Gasteiger partial charge is 0.382 e. The third-order valence-corrected chi connectivity index (χ3v) is 5.44. The van der Waals surface area contributed by atoms with Crippen LogP contribution in [0, 0.1) is 13.8 Å². The van der Waals surface area contributed by atoms with E-state index in [0.717, 1.165) is 28.9 Å². The summed E-state index contributed by atoms with van der Waals surface area (Å²) in [4.78, 5) is 13.1. The number of nitrogens with one attached hydrogen (secondary N) is 1. The quantitative estimate of drug-likeness (QED) is 0.448. The number of aromatic nitrogens is 6. The molecular formula is C21H29N7O2S. The van der Waals surface area contributed by atoms with Gasteiger partial charge in [-0.05, 0) is 43.0 Å².